The Morgan fingerprint density at radius 2 is 1.55 bits per heavy atom. The third-order valence-corrected chi connectivity index (χ3v) is 5.31. The number of thioether (sulfide) groups is 1. The van der Waals surface area contributed by atoms with Gasteiger partial charge in [-0.05, 0) is 53.1 Å². The van der Waals surface area contributed by atoms with Crippen molar-refractivity contribution in [2.24, 2.45) is 10.8 Å². The fourth-order valence-corrected chi connectivity index (χ4v) is 3.61. The quantitative estimate of drug-likeness (QED) is 0.376. The van der Waals surface area contributed by atoms with E-state index in [2.05, 4.69) is 22.7 Å². The van der Waals surface area contributed by atoms with Crippen LogP contribution in [0, 0.1) is 0 Å². The Morgan fingerprint density at radius 3 is 2.19 bits per heavy atom. The van der Waals surface area contributed by atoms with Crippen molar-refractivity contribution >= 4 is 29.8 Å². The largest absolute Gasteiger partial charge is 0.484 e. The van der Waals surface area contributed by atoms with Crippen molar-refractivity contribution < 1.29 is 14.3 Å². The van der Waals surface area contributed by atoms with E-state index in [4.69, 9.17) is 10.5 Å². The molecule has 3 N–H and O–H groups in total. The van der Waals surface area contributed by atoms with Crippen molar-refractivity contribution in [2.75, 3.05) is 6.61 Å². The highest BCUT2D eigenvalue weighted by atomic mass is 32.2. The van der Waals surface area contributed by atoms with Gasteiger partial charge in [0, 0.05) is 17.1 Å². The second-order valence-corrected chi connectivity index (χ2v) is 7.68. The molecule has 0 aliphatic rings. The van der Waals surface area contributed by atoms with Gasteiger partial charge in [0.05, 0.1) is 6.21 Å². The molecule has 0 spiro atoms. The lowest BCUT2D eigenvalue weighted by Gasteiger charge is -2.05. The van der Waals surface area contributed by atoms with Crippen molar-refractivity contribution in [3.05, 3.63) is 101 Å². The summed E-state index contributed by atoms with van der Waals surface area (Å²) < 4.78 is 5.19. The Kier molecular flexibility index (Phi) is 8.25. The van der Waals surface area contributed by atoms with Gasteiger partial charge in [-0.2, -0.15) is 16.9 Å². The van der Waals surface area contributed by atoms with Gasteiger partial charge in [0.15, 0.2) is 6.61 Å². The van der Waals surface area contributed by atoms with E-state index in [0.29, 0.717) is 11.3 Å². The number of amides is 2. The summed E-state index contributed by atoms with van der Waals surface area (Å²) in [6, 6.07) is 24.8. The standard InChI is InChI=1S/C24H23N3O3S/c25-23(28)15-30-22-12-8-18(9-13-22)14-26-27-24(29)21-10-6-20(7-11-21)17-31-16-19-4-2-1-3-5-19/h1-14H,15-17H2,(H2,25,28)(H,27,29)/b26-14-. The van der Waals surface area contributed by atoms with Gasteiger partial charge < -0.3 is 10.5 Å². The second-order valence-electron chi connectivity index (χ2n) is 6.70. The van der Waals surface area contributed by atoms with Crippen molar-refractivity contribution in [3.63, 3.8) is 0 Å². The molecule has 3 aromatic rings. The maximum atomic E-state index is 12.3. The molecule has 3 aromatic carbocycles. The minimum Gasteiger partial charge on any atom is -0.484 e. The first-order valence-corrected chi connectivity index (χ1v) is 10.8. The Balaban J connectivity index is 1.44. The van der Waals surface area contributed by atoms with E-state index in [1.165, 1.54) is 17.3 Å². The highest BCUT2D eigenvalue weighted by Crippen LogP contribution is 2.18. The molecular formula is C24H23N3O3S. The van der Waals surface area contributed by atoms with Gasteiger partial charge in [-0.25, -0.2) is 5.43 Å². The third kappa shape index (κ3) is 7.64. The number of nitrogens with zero attached hydrogens (tertiary/aromatic N) is 1. The van der Waals surface area contributed by atoms with E-state index in [9.17, 15) is 9.59 Å². The summed E-state index contributed by atoms with van der Waals surface area (Å²) in [6.07, 6.45) is 1.53. The molecule has 0 bridgehead atoms. The summed E-state index contributed by atoms with van der Waals surface area (Å²) in [5.41, 5.74) is 11.3. The van der Waals surface area contributed by atoms with Gasteiger partial charge >= 0.3 is 0 Å². The molecule has 0 saturated carbocycles. The maximum Gasteiger partial charge on any atom is 0.271 e. The summed E-state index contributed by atoms with van der Waals surface area (Å²) in [5.74, 6) is 1.56. The molecule has 3 rings (SSSR count). The van der Waals surface area contributed by atoms with Gasteiger partial charge in [0.1, 0.15) is 5.75 Å². The Hall–Kier alpha value is -3.58. The lowest BCUT2D eigenvalue weighted by Crippen LogP contribution is -2.20. The van der Waals surface area contributed by atoms with Crippen LogP contribution in [0.25, 0.3) is 0 Å². The third-order valence-electron chi connectivity index (χ3n) is 4.24. The average molecular weight is 434 g/mol. The molecule has 0 heterocycles. The van der Waals surface area contributed by atoms with E-state index in [0.717, 1.165) is 17.1 Å². The zero-order valence-corrected chi connectivity index (χ0v) is 17.7. The van der Waals surface area contributed by atoms with Crippen LogP contribution in [0.5, 0.6) is 5.75 Å². The fraction of sp³-hybridized carbons (Fsp3) is 0.125. The molecule has 7 heteroatoms. The molecule has 0 atom stereocenters. The van der Waals surface area contributed by atoms with E-state index >= 15 is 0 Å². The predicted octanol–water partition coefficient (Wildman–Crippen LogP) is 3.75. The van der Waals surface area contributed by atoms with Crippen LogP contribution in [0.4, 0.5) is 0 Å². The normalized spacial score (nSPS) is 10.7. The minimum atomic E-state index is -0.535. The van der Waals surface area contributed by atoms with Crippen molar-refractivity contribution in [3.8, 4) is 5.75 Å². The van der Waals surface area contributed by atoms with Crippen molar-refractivity contribution in [1.29, 1.82) is 0 Å². The molecule has 0 radical (unpaired) electrons. The summed E-state index contributed by atoms with van der Waals surface area (Å²) >= 11 is 1.83. The van der Waals surface area contributed by atoms with Crippen molar-refractivity contribution in [2.45, 2.75) is 11.5 Å². The van der Waals surface area contributed by atoms with Crippen molar-refractivity contribution in [1.82, 2.24) is 5.43 Å². The zero-order chi connectivity index (χ0) is 21.9. The number of carbonyl (C=O) groups is 2. The number of hydrazone groups is 1. The van der Waals surface area contributed by atoms with Crippen LogP contribution in [0.2, 0.25) is 0 Å². The van der Waals surface area contributed by atoms with Crippen LogP contribution in [0.3, 0.4) is 0 Å². The fourth-order valence-electron chi connectivity index (χ4n) is 2.65. The number of benzene rings is 3. The molecule has 6 nitrogen and oxygen atoms in total. The van der Waals surface area contributed by atoms with E-state index in [-0.39, 0.29) is 12.5 Å². The SMILES string of the molecule is NC(=O)COc1ccc(/C=N\NC(=O)c2ccc(CSCc3ccccc3)cc2)cc1. The molecule has 2 amide bonds. The smallest absolute Gasteiger partial charge is 0.271 e. The molecule has 0 aliphatic heterocycles. The summed E-state index contributed by atoms with van der Waals surface area (Å²) in [7, 11) is 0. The Bertz CT molecular complexity index is 1020. The number of nitrogens with one attached hydrogen (secondary N) is 1. The van der Waals surface area contributed by atoms with Crippen LogP contribution >= 0.6 is 11.8 Å². The van der Waals surface area contributed by atoms with E-state index in [1.54, 1.807) is 36.4 Å². The first kappa shape index (κ1) is 22.1. The topological polar surface area (TPSA) is 93.8 Å². The summed E-state index contributed by atoms with van der Waals surface area (Å²) in [5, 5.41) is 3.98. The monoisotopic (exact) mass is 433 g/mol. The van der Waals surface area contributed by atoms with Crippen LogP contribution in [-0.2, 0) is 16.3 Å². The molecule has 0 aliphatic carbocycles. The van der Waals surface area contributed by atoms with Crippen LogP contribution in [0.15, 0.2) is 84.0 Å². The maximum absolute atomic E-state index is 12.3. The molecule has 0 fully saturated rings. The summed E-state index contributed by atoms with van der Waals surface area (Å²) in [6.45, 7) is -0.173. The van der Waals surface area contributed by atoms with Crippen LogP contribution < -0.4 is 15.9 Å². The number of hydrogen-bond acceptors (Lipinski definition) is 5. The summed E-state index contributed by atoms with van der Waals surface area (Å²) in [4.78, 5) is 23.0. The molecule has 0 unspecified atom stereocenters. The first-order chi connectivity index (χ1) is 15.1. The van der Waals surface area contributed by atoms with Crippen LogP contribution in [-0.4, -0.2) is 24.6 Å². The highest BCUT2D eigenvalue weighted by molar-refractivity contribution is 7.97. The number of primary amides is 1. The lowest BCUT2D eigenvalue weighted by atomic mass is 10.1. The Morgan fingerprint density at radius 1 is 0.903 bits per heavy atom. The number of ether oxygens (including phenoxy) is 1. The highest BCUT2D eigenvalue weighted by Gasteiger charge is 2.04. The molecule has 0 aromatic heterocycles. The number of hydrogen-bond donors (Lipinski definition) is 2. The predicted molar refractivity (Wildman–Crippen MR) is 124 cm³/mol. The molecule has 158 valence electrons. The molecule has 0 saturated heterocycles. The average Bonchev–Trinajstić information content (AvgIpc) is 2.79. The van der Waals surface area contributed by atoms with E-state index < -0.39 is 5.91 Å². The van der Waals surface area contributed by atoms with Gasteiger partial charge in [-0.15, -0.1) is 0 Å². The lowest BCUT2D eigenvalue weighted by molar-refractivity contribution is -0.119. The number of nitrogens with two attached hydrogens (primary N) is 1. The first-order valence-electron chi connectivity index (χ1n) is 9.65. The minimum absolute atomic E-state index is 0.173. The Labute approximate surface area is 185 Å². The second kappa shape index (κ2) is 11.6. The zero-order valence-electron chi connectivity index (χ0n) is 16.9. The number of rotatable bonds is 10. The van der Waals surface area contributed by atoms with Gasteiger partial charge in [-0.1, -0.05) is 42.5 Å². The van der Waals surface area contributed by atoms with Crippen LogP contribution in [0.1, 0.15) is 27.0 Å². The van der Waals surface area contributed by atoms with Gasteiger partial charge in [0.25, 0.3) is 11.8 Å². The van der Waals surface area contributed by atoms with Gasteiger partial charge in [0.2, 0.25) is 0 Å². The van der Waals surface area contributed by atoms with E-state index in [1.807, 2.05) is 42.1 Å². The molecular weight excluding hydrogens is 410 g/mol. The van der Waals surface area contributed by atoms with Gasteiger partial charge in [-0.3, -0.25) is 9.59 Å². The molecule has 31 heavy (non-hydrogen) atoms. The number of carbonyl (C=O) groups excluding carboxylic acids is 2.